The van der Waals surface area contributed by atoms with Gasteiger partial charge in [0.1, 0.15) is 5.75 Å². The zero-order valence-corrected chi connectivity index (χ0v) is 32.8. The van der Waals surface area contributed by atoms with Crippen molar-refractivity contribution in [2.24, 2.45) is 0 Å². The minimum Gasteiger partial charge on any atom is -0.497 e. The van der Waals surface area contributed by atoms with E-state index in [0.29, 0.717) is 0 Å². The SMILES string of the molecule is COc1cccc(-c2ccc(-n3cc(-c4cc(-c5ccccc5)cc(-c5ccccc5)c4)c4cc(-c5cc(-c6ccccc6)cc(-c6ccccc6)c5)ccc43)cc2)c1. The second kappa shape index (κ2) is 15.7. The molecule has 0 aliphatic heterocycles. The summed E-state index contributed by atoms with van der Waals surface area (Å²) in [5.41, 5.74) is 18.7. The molecule has 0 saturated heterocycles. The lowest BCUT2D eigenvalue weighted by Gasteiger charge is -2.13. The molecule has 9 aromatic carbocycles. The summed E-state index contributed by atoms with van der Waals surface area (Å²) in [6.45, 7) is 0. The number of fused-ring (bicyclic) bond motifs is 1. The maximum absolute atomic E-state index is 5.53. The number of hydrogen-bond acceptors (Lipinski definition) is 1. The summed E-state index contributed by atoms with van der Waals surface area (Å²) in [5, 5.41) is 1.19. The number of hydrogen-bond donors (Lipinski definition) is 0. The number of aromatic nitrogens is 1. The molecule has 1 heterocycles. The molecule has 0 bridgehead atoms. The molecule has 0 unspecified atom stereocenters. The van der Waals surface area contributed by atoms with Gasteiger partial charge in [-0.25, -0.2) is 0 Å². The molecule has 0 aliphatic carbocycles. The van der Waals surface area contributed by atoms with Gasteiger partial charge in [-0.05, 0) is 145 Å². The Labute approximate surface area is 345 Å². The highest BCUT2D eigenvalue weighted by atomic mass is 16.5. The van der Waals surface area contributed by atoms with Crippen molar-refractivity contribution in [3.63, 3.8) is 0 Å². The van der Waals surface area contributed by atoms with E-state index in [-0.39, 0.29) is 0 Å². The molecule has 59 heavy (non-hydrogen) atoms. The second-order valence-electron chi connectivity index (χ2n) is 15.0. The molecule has 0 spiro atoms. The van der Waals surface area contributed by atoms with E-state index in [0.717, 1.165) is 28.1 Å². The Morgan fingerprint density at radius 2 is 0.695 bits per heavy atom. The maximum Gasteiger partial charge on any atom is 0.119 e. The Hall–Kier alpha value is -7.68. The van der Waals surface area contributed by atoms with Crippen LogP contribution in [0.2, 0.25) is 0 Å². The zero-order chi connectivity index (χ0) is 39.5. The summed E-state index contributed by atoms with van der Waals surface area (Å²) >= 11 is 0. The normalized spacial score (nSPS) is 11.1. The average molecular weight is 756 g/mol. The number of nitrogens with zero attached hydrogens (tertiary/aromatic N) is 1. The van der Waals surface area contributed by atoms with Gasteiger partial charge in [-0.15, -0.1) is 0 Å². The fraction of sp³-hybridized carbons (Fsp3) is 0.0175. The summed E-state index contributed by atoms with van der Waals surface area (Å²) in [7, 11) is 1.71. The highest BCUT2D eigenvalue weighted by Crippen LogP contribution is 2.41. The van der Waals surface area contributed by atoms with Gasteiger partial charge in [0.25, 0.3) is 0 Å². The third kappa shape index (κ3) is 7.25. The fourth-order valence-electron chi connectivity index (χ4n) is 8.24. The van der Waals surface area contributed by atoms with Crippen LogP contribution in [0.15, 0.2) is 231 Å². The van der Waals surface area contributed by atoms with Crippen LogP contribution in [0.5, 0.6) is 5.75 Å². The first-order valence-electron chi connectivity index (χ1n) is 20.1. The highest BCUT2D eigenvalue weighted by molar-refractivity contribution is 6.01. The van der Waals surface area contributed by atoms with Crippen LogP contribution in [0.3, 0.4) is 0 Å². The van der Waals surface area contributed by atoms with Crippen molar-refractivity contribution in [2.45, 2.75) is 0 Å². The third-order valence-electron chi connectivity index (χ3n) is 11.3. The predicted molar refractivity (Wildman–Crippen MR) is 248 cm³/mol. The van der Waals surface area contributed by atoms with Crippen molar-refractivity contribution in [3.8, 4) is 89.3 Å². The third-order valence-corrected chi connectivity index (χ3v) is 11.3. The summed E-state index contributed by atoms with van der Waals surface area (Å²) in [6, 6.07) is 80.8. The maximum atomic E-state index is 5.53. The lowest BCUT2D eigenvalue weighted by Crippen LogP contribution is -1.92. The van der Waals surface area contributed by atoms with Crippen molar-refractivity contribution in [1.29, 1.82) is 0 Å². The van der Waals surface area contributed by atoms with Gasteiger partial charge < -0.3 is 9.30 Å². The van der Waals surface area contributed by atoms with Gasteiger partial charge in [0.15, 0.2) is 0 Å². The van der Waals surface area contributed by atoms with Crippen molar-refractivity contribution in [1.82, 2.24) is 4.57 Å². The smallest absolute Gasteiger partial charge is 0.119 e. The van der Waals surface area contributed by atoms with Crippen LogP contribution in [-0.2, 0) is 0 Å². The fourth-order valence-corrected chi connectivity index (χ4v) is 8.24. The van der Waals surface area contributed by atoms with Gasteiger partial charge in [-0.1, -0.05) is 152 Å². The molecule has 0 radical (unpaired) electrons. The van der Waals surface area contributed by atoms with Crippen LogP contribution >= 0.6 is 0 Å². The molecule has 0 N–H and O–H groups in total. The summed E-state index contributed by atoms with van der Waals surface area (Å²) in [4.78, 5) is 0. The molecule has 0 amide bonds. The number of benzene rings is 9. The van der Waals surface area contributed by atoms with E-state index in [1.807, 2.05) is 12.1 Å². The number of methoxy groups -OCH3 is 1. The minimum absolute atomic E-state index is 0.848. The summed E-state index contributed by atoms with van der Waals surface area (Å²) in [5.74, 6) is 0.848. The summed E-state index contributed by atoms with van der Waals surface area (Å²) < 4.78 is 7.88. The number of ether oxygens (including phenoxy) is 1. The average Bonchev–Trinajstić information content (AvgIpc) is 3.71. The van der Waals surface area contributed by atoms with Gasteiger partial charge >= 0.3 is 0 Å². The Bertz CT molecular complexity index is 2920. The topological polar surface area (TPSA) is 14.2 Å². The van der Waals surface area contributed by atoms with E-state index < -0.39 is 0 Å². The predicted octanol–water partition coefficient (Wildman–Crippen LogP) is 15.3. The van der Waals surface area contributed by atoms with Crippen LogP contribution in [0, 0.1) is 0 Å². The molecular weight excluding hydrogens is 715 g/mol. The van der Waals surface area contributed by atoms with Gasteiger partial charge in [0.05, 0.1) is 12.6 Å². The van der Waals surface area contributed by atoms with Crippen LogP contribution < -0.4 is 4.74 Å². The van der Waals surface area contributed by atoms with Gasteiger partial charge in [-0.2, -0.15) is 0 Å². The van der Waals surface area contributed by atoms with Crippen molar-refractivity contribution >= 4 is 10.9 Å². The van der Waals surface area contributed by atoms with E-state index >= 15 is 0 Å². The Morgan fingerprint density at radius 1 is 0.305 bits per heavy atom. The zero-order valence-electron chi connectivity index (χ0n) is 32.8. The minimum atomic E-state index is 0.848. The number of rotatable bonds is 9. The molecule has 1 aromatic heterocycles. The Balaban J connectivity index is 1.18. The van der Waals surface area contributed by atoms with E-state index in [4.69, 9.17) is 4.74 Å². The first-order chi connectivity index (χ1) is 29.2. The van der Waals surface area contributed by atoms with Crippen LogP contribution in [-0.4, -0.2) is 11.7 Å². The quantitative estimate of drug-likeness (QED) is 0.143. The molecule has 10 rings (SSSR count). The Morgan fingerprint density at radius 3 is 1.17 bits per heavy atom. The highest BCUT2D eigenvalue weighted by Gasteiger charge is 2.17. The van der Waals surface area contributed by atoms with E-state index in [1.165, 1.54) is 72.1 Å². The lowest BCUT2D eigenvalue weighted by atomic mass is 9.91. The molecule has 0 saturated carbocycles. The second-order valence-corrected chi connectivity index (χ2v) is 15.0. The molecule has 280 valence electrons. The van der Waals surface area contributed by atoms with Crippen LogP contribution in [0.1, 0.15) is 0 Å². The standard InChI is InChI=1S/C57H41NO/c1-59-54-24-14-23-45(37-54)44-25-28-53(29-26-44)58-39-56(52-35-49(42-19-10-4-11-20-42)32-50(36-52)43-21-12-5-13-22-43)55-38-46(27-30-57(55)58)51-33-47(40-15-6-2-7-16-40)31-48(34-51)41-17-8-3-9-18-41/h2-39H,1H3. The van der Waals surface area contributed by atoms with Gasteiger partial charge in [0.2, 0.25) is 0 Å². The molecule has 2 heteroatoms. The van der Waals surface area contributed by atoms with E-state index in [9.17, 15) is 0 Å². The molecular formula is C57H41NO. The van der Waals surface area contributed by atoms with Crippen molar-refractivity contribution in [2.75, 3.05) is 7.11 Å². The van der Waals surface area contributed by atoms with Crippen molar-refractivity contribution < 1.29 is 4.74 Å². The van der Waals surface area contributed by atoms with Gasteiger partial charge in [0, 0.05) is 22.8 Å². The molecule has 0 atom stereocenters. The molecule has 0 fully saturated rings. The molecule has 10 aromatic rings. The summed E-state index contributed by atoms with van der Waals surface area (Å²) in [6.07, 6.45) is 2.32. The monoisotopic (exact) mass is 755 g/mol. The van der Waals surface area contributed by atoms with Crippen LogP contribution in [0.4, 0.5) is 0 Å². The lowest BCUT2D eigenvalue weighted by molar-refractivity contribution is 0.415. The van der Waals surface area contributed by atoms with Crippen LogP contribution in [0.25, 0.3) is 94.5 Å². The Kier molecular flexibility index (Phi) is 9.50. The van der Waals surface area contributed by atoms with E-state index in [1.54, 1.807) is 7.11 Å². The molecule has 0 aliphatic rings. The largest absolute Gasteiger partial charge is 0.497 e. The van der Waals surface area contributed by atoms with Gasteiger partial charge in [-0.3, -0.25) is 0 Å². The van der Waals surface area contributed by atoms with E-state index in [2.05, 4.69) is 223 Å². The van der Waals surface area contributed by atoms with Crippen molar-refractivity contribution in [3.05, 3.63) is 231 Å². The first-order valence-corrected chi connectivity index (χ1v) is 20.1. The first kappa shape index (κ1) is 35.7. The molecule has 2 nitrogen and oxygen atoms in total.